The second-order valence-corrected chi connectivity index (χ2v) is 5.10. The van der Waals surface area contributed by atoms with E-state index in [1.807, 2.05) is 37.6 Å². The van der Waals surface area contributed by atoms with Crippen LogP contribution in [0.25, 0.3) is 0 Å². The number of hydrogen-bond acceptors (Lipinski definition) is 2. The molecule has 0 N–H and O–H groups in total. The summed E-state index contributed by atoms with van der Waals surface area (Å²) in [5.74, 6) is 1.07. The van der Waals surface area contributed by atoms with Gasteiger partial charge in [0.15, 0.2) is 0 Å². The molecule has 0 saturated carbocycles. The predicted molar refractivity (Wildman–Crippen MR) is 74.4 cm³/mol. The van der Waals surface area contributed by atoms with E-state index < -0.39 is 0 Å². The van der Waals surface area contributed by atoms with Gasteiger partial charge in [-0.25, -0.2) is 0 Å². The highest BCUT2D eigenvalue weighted by Gasteiger charge is 2.10. The average molecular weight is 302 g/mol. The number of benzene rings is 1. The lowest BCUT2D eigenvalue weighted by atomic mass is 10.1. The second kappa shape index (κ2) is 6.97. The lowest BCUT2D eigenvalue weighted by Crippen LogP contribution is -2.28. The molecule has 4 heteroatoms. The maximum absolute atomic E-state index is 12.0. The van der Waals surface area contributed by atoms with Gasteiger partial charge < -0.3 is 4.90 Å². The van der Waals surface area contributed by atoms with Gasteiger partial charge >= 0.3 is 0 Å². The van der Waals surface area contributed by atoms with Crippen LogP contribution in [0, 0.1) is 0 Å². The third kappa shape index (κ3) is 3.83. The molecular formula is C12H16BrNOS. The molecule has 0 atom stereocenters. The van der Waals surface area contributed by atoms with Crippen LogP contribution < -0.4 is 0 Å². The minimum Gasteiger partial charge on any atom is -0.341 e. The SMILES string of the molecule is CSCCN(C)C(=O)c1ccc(CBr)cc1. The summed E-state index contributed by atoms with van der Waals surface area (Å²) < 4.78 is 0. The van der Waals surface area contributed by atoms with Crippen LogP contribution in [-0.4, -0.2) is 36.4 Å². The summed E-state index contributed by atoms with van der Waals surface area (Å²) >= 11 is 5.13. The molecule has 0 saturated heterocycles. The van der Waals surface area contributed by atoms with Crippen molar-refractivity contribution < 1.29 is 4.79 Å². The fraction of sp³-hybridized carbons (Fsp3) is 0.417. The number of carbonyl (C=O) groups is 1. The normalized spacial score (nSPS) is 10.2. The monoisotopic (exact) mass is 301 g/mol. The van der Waals surface area contributed by atoms with Gasteiger partial charge in [0, 0.05) is 30.2 Å². The average Bonchev–Trinajstić information content (AvgIpc) is 2.35. The zero-order valence-corrected chi connectivity index (χ0v) is 12.0. The zero-order valence-electron chi connectivity index (χ0n) is 9.57. The Morgan fingerprint density at radius 1 is 1.38 bits per heavy atom. The van der Waals surface area contributed by atoms with E-state index in [1.54, 1.807) is 16.7 Å². The van der Waals surface area contributed by atoms with Crippen molar-refractivity contribution in [1.29, 1.82) is 0 Å². The van der Waals surface area contributed by atoms with Gasteiger partial charge in [-0.15, -0.1) is 0 Å². The predicted octanol–water partition coefficient (Wildman–Crippen LogP) is 3.02. The van der Waals surface area contributed by atoms with Crippen LogP contribution in [0.5, 0.6) is 0 Å². The molecule has 0 aliphatic rings. The molecule has 1 rings (SSSR count). The van der Waals surface area contributed by atoms with Crippen molar-refractivity contribution in [3.8, 4) is 0 Å². The maximum atomic E-state index is 12.0. The summed E-state index contributed by atoms with van der Waals surface area (Å²) in [4.78, 5) is 13.7. The van der Waals surface area contributed by atoms with E-state index in [0.29, 0.717) is 0 Å². The lowest BCUT2D eigenvalue weighted by Gasteiger charge is -2.16. The number of alkyl halides is 1. The third-order valence-corrected chi connectivity index (χ3v) is 3.57. The van der Waals surface area contributed by atoms with Crippen LogP contribution in [-0.2, 0) is 5.33 Å². The van der Waals surface area contributed by atoms with Gasteiger partial charge in [0.1, 0.15) is 0 Å². The van der Waals surface area contributed by atoms with Crippen molar-refractivity contribution >= 4 is 33.6 Å². The number of rotatable bonds is 5. The number of hydrogen-bond donors (Lipinski definition) is 0. The minimum atomic E-state index is 0.0928. The maximum Gasteiger partial charge on any atom is 0.253 e. The van der Waals surface area contributed by atoms with Gasteiger partial charge in [0.05, 0.1) is 0 Å². The number of halogens is 1. The van der Waals surface area contributed by atoms with Crippen LogP contribution in [0.1, 0.15) is 15.9 Å². The molecule has 2 nitrogen and oxygen atoms in total. The largest absolute Gasteiger partial charge is 0.341 e. The van der Waals surface area contributed by atoms with E-state index in [4.69, 9.17) is 0 Å². The number of thioether (sulfide) groups is 1. The molecule has 0 unspecified atom stereocenters. The Bertz CT molecular complexity index is 339. The van der Waals surface area contributed by atoms with Crippen molar-refractivity contribution in [2.75, 3.05) is 25.6 Å². The number of carbonyl (C=O) groups excluding carboxylic acids is 1. The molecule has 1 aromatic rings. The van der Waals surface area contributed by atoms with Crippen molar-refractivity contribution in [1.82, 2.24) is 4.90 Å². The molecule has 0 aliphatic carbocycles. The van der Waals surface area contributed by atoms with Crippen molar-refractivity contribution in [2.24, 2.45) is 0 Å². The number of amides is 1. The highest BCUT2D eigenvalue weighted by Crippen LogP contribution is 2.10. The molecular weight excluding hydrogens is 286 g/mol. The topological polar surface area (TPSA) is 20.3 Å². The summed E-state index contributed by atoms with van der Waals surface area (Å²) in [5, 5.41) is 0.823. The number of nitrogens with zero attached hydrogens (tertiary/aromatic N) is 1. The third-order valence-electron chi connectivity index (χ3n) is 2.33. The summed E-state index contributed by atoms with van der Waals surface area (Å²) in [6.45, 7) is 0.792. The fourth-order valence-electron chi connectivity index (χ4n) is 1.29. The highest BCUT2D eigenvalue weighted by molar-refractivity contribution is 9.08. The van der Waals surface area contributed by atoms with E-state index >= 15 is 0 Å². The molecule has 88 valence electrons. The fourth-order valence-corrected chi connectivity index (χ4v) is 2.12. The van der Waals surface area contributed by atoms with Gasteiger partial charge in [0.2, 0.25) is 0 Å². The Labute approximate surface area is 110 Å². The van der Waals surface area contributed by atoms with Crippen molar-refractivity contribution in [3.05, 3.63) is 35.4 Å². The first-order valence-electron chi connectivity index (χ1n) is 5.08. The molecule has 16 heavy (non-hydrogen) atoms. The van der Waals surface area contributed by atoms with E-state index in [9.17, 15) is 4.79 Å². The second-order valence-electron chi connectivity index (χ2n) is 3.55. The molecule has 0 radical (unpaired) electrons. The Kier molecular flexibility index (Phi) is 5.91. The van der Waals surface area contributed by atoms with Crippen LogP contribution in [0.3, 0.4) is 0 Å². The van der Waals surface area contributed by atoms with Gasteiger partial charge in [-0.3, -0.25) is 4.79 Å². The van der Waals surface area contributed by atoms with Gasteiger partial charge in [0.25, 0.3) is 5.91 Å². The highest BCUT2D eigenvalue weighted by atomic mass is 79.9. The van der Waals surface area contributed by atoms with E-state index in [0.717, 1.165) is 23.2 Å². The van der Waals surface area contributed by atoms with E-state index in [-0.39, 0.29) is 5.91 Å². The molecule has 1 amide bonds. The van der Waals surface area contributed by atoms with Crippen LogP contribution >= 0.6 is 27.7 Å². The molecule has 0 heterocycles. The Morgan fingerprint density at radius 2 is 2.00 bits per heavy atom. The molecule has 0 spiro atoms. The van der Waals surface area contributed by atoms with E-state index in [1.165, 1.54) is 5.56 Å². The quantitative estimate of drug-likeness (QED) is 0.779. The van der Waals surface area contributed by atoms with Crippen LogP contribution in [0.15, 0.2) is 24.3 Å². The molecule has 0 bridgehead atoms. The van der Waals surface area contributed by atoms with Crippen molar-refractivity contribution in [2.45, 2.75) is 5.33 Å². The van der Waals surface area contributed by atoms with Gasteiger partial charge in [-0.1, -0.05) is 28.1 Å². The molecule has 0 aromatic heterocycles. The molecule has 0 aliphatic heterocycles. The Balaban J connectivity index is 2.64. The first kappa shape index (κ1) is 13.6. The Hall–Kier alpha value is -0.480. The van der Waals surface area contributed by atoms with E-state index in [2.05, 4.69) is 15.9 Å². The molecule has 1 aromatic carbocycles. The molecule has 0 fully saturated rings. The van der Waals surface area contributed by atoms with Crippen LogP contribution in [0.2, 0.25) is 0 Å². The van der Waals surface area contributed by atoms with Crippen LogP contribution in [0.4, 0.5) is 0 Å². The summed E-state index contributed by atoms with van der Waals surface area (Å²) in [6, 6.07) is 7.72. The Morgan fingerprint density at radius 3 is 2.50 bits per heavy atom. The summed E-state index contributed by atoms with van der Waals surface area (Å²) in [7, 11) is 1.84. The summed E-state index contributed by atoms with van der Waals surface area (Å²) in [6.07, 6.45) is 2.04. The lowest BCUT2D eigenvalue weighted by molar-refractivity contribution is 0.0804. The summed E-state index contributed by atoms with van der Waals surface area (Å²) in [5.41, 5.74) is 1.94. The minimum absolute atomic E-state index is 0.0928. The van der Waals surface area contributed by atoms with Gasteiger partial charge in [-0.2, -0.15) is 11.8 Å². The standard InChI is InChI=1S/C12H16BrNOS/c1-14(7-8-16-2)12(15)11-5-3-10(9-13)4-6-11/h3-6H,7-9H2,1-2H3. The zero-order chi connectivity index (χ0) is 12.0. The smallest absolute Gasteiger partial charge is 0.253 e. The first-order valence-corrected chi connectivity index (χ1v) is 7.60. The van der Waals surface area contributed by atoms with Gasteiger partial charge in [-0.05, 0) is 24.0 Å². The first-order chi connectivity index (χ1) is 7.69. The van der Waals surface area contributed by atoms with Crippen molar-refractivity contribution in [3.63, 3.8) is 0 Å².